The van der Waals surface area contributed by atoms with Crippen molar-refractivity contribution in [1.82, 2.24) is 0 Å². The van der Waals surface area contributed by atoms with E-state index in [9.17, 15) is 13.9 Å². The molecular formula is C16H34O8P2. The second-order valence-electron chi connectivity index (χ2n) is 7.11. The van der Waals surface area contributed by atoms with Crippen LogP contribution in [0.15, 0.2) is 0 Å². The molecule has 0 fully saturated rings. The summed E-state index contributed by atoms with van der Waals surface area (Å²) >= 11 is 0. The van der Waals surface area contributed by atoms with Crippen LogP contribution >= 0.6 is 15.2 Å². The highest BCUT2D eigenvalue weighted by atomic mass is 31.2. The van der Waals surface area contributed by atoms with Crippen LogP contribution in [0.25, 0.3) is 0 Å². The normalized spacial score (nSPS) is 13.6. The third kappa shape index (κ3) is 9.12. The van der Waals surface area contributed by atoms with E-state index in [0.29, 0.717) is 0 Å². The fourth-order valence-electron chi connectivity index (χ4n) is 2.25. The molecule has 0 aliphatic rings. The summed E-state index contributed by atoms with van der Waals surface area (Å²) in [6.45, 7) is 13.4. The zero-order valence-corrected chi connectivity index (χ0v) is 18.8. The van der Waals surface area contributed by atoms with E-state index in [1.807, 2.05) is 0 Å². The van der Waals surface area contributed by atoms with E-state index in [1.54, 1.807) is 55.4 Å². The van der Waals surface area contributed by atoms with Crippen LogP contribution in [0.4, 0.5) is 0 Å². The molecule has 0 aromatic heterocycles. The van der Waals surface area contributed by atoms with Crippen LogP contribution in [0.1, 0.15) is 68.2 Å². The quantitative estimate of drug-likeness (QED) is 0.405. The first-order valence-electron chi connectivity index (χ1n) is 8.86. The second kappa shape index (κ2) is 10.9. The third-order valence-corrected chi connectivity index (χ3v) is 9.31. The van der Waals surface area contributed by atoms with Gasteiger partial charge in [-0.2, -0.15) is 0 Å². The summed E-state index contributed by atoms with van der Waals surface area (Å²) in [5.74, 6) is -1.11. The van der Waals surface area contributed by atoms with E-state index in [2.05, 4.69) is 0 Å². The summed E-state index contributed by atoms with van der Waals surface area (Å²) in [5.41, 5.74) is 0. The number of carboxylic acid groups (broad SMARTS) is 1. The first-order valence-corrected chi connectivity index (χ1v) is 12.1. The SMILES string of the molecule is CC(C)OP(=O)(OC(C)C)C(CCC(=O)O)P(=O)(OC(C)C)OC(C)C. The molecule has 0 radical (unpaired) electrons. The van der Waals surface area contributed by atoms with E-state index in [0.717, 1.165) is 0 Å². The van der Waals surface area contributed by atoms with Crippen molar-refractivity contribution in [2.45, 2.75) is 98.0 Å². The van der Waals surface area contributed by atoms with E-state index in [4.69, 9.17) is 23.2 Å². The number of hydrogen-bond acceptors (Lipinski definition) is 7. The highest BCUT2D eigenvalue weighted by Crippen LogP contribution is 2.73. The lowest BCUT2D eigenvalue weighted by Gasteiger charge is -2.35. The Bertz CT molecular complexity index is 464. The summed E-state index contributed by atoms with van der Waals surface area (Å²) in [6.07, 6.45) is -2.54. The summed E-state index contributed by atoms with van der Waals surface area (Å²) in [4.78, 5) is 11.1. The van der Waals surface area contributed by atoms with Crippen LogP contribution < -0.4 is 0 Å². The molecule has 26 heavy (non-hydrogen) atoms. The molecular weight excluding hydrogens is 382 g/mol. The first-order chi connectivity index (χ1) is 11.7. The molecule has 0 unspecified atom stereocenters. The van der Waals surface area contributed by atoms with Gasteiger partial charge >= 0.3 is 21.2 Å². The van der Waals surface area contributed by atoms with Crippen molar-refractivity contribution < 1.29 is 37.1 Å². The lowest BCUT2D eigenvalue weighted by Crippen LogP contribution is -2.24. The van der Waals surface area contributed by atoms with E-state index < -0.39 is 51.0 Å². The van der Waals surface area contributed by atoms with Gasteiger partial charge in [0, 0.05) is 6.42 Å². The van der Waals surface area contributed by atoms with Gasteiger partial charge in [0.15, 0.2) is 5.40 Å². The Morgan fingerprint density at radius 3 is 1.19 bits per heavy atom. The van der Waals surface area contributed by atoms with Crippen molar-refractivity contribution >= 4 is 21.2 Å². The molecule has 0 aliphatic heterocycles. The van der Waals surface area contributed by atoms with Gasteiger partial charge in [-0.25, -0.2) is 0 Å². The standard InChI is InChI=1S/C16H34O8P2/c1-11(2)21-25(19,22-12(3)4)16(10-9-15(17)18)26(20,23-13(5)6)24-14(7)8/h11-14,16H,9-10H2,1-8H3,(H,17,18). The minimum Gasteiger partial charge on any atom is -0.481 e. The van der Waals surface area contributed by atoms with Gasteiger partial charge in [-0.05, 0) is 61.8 Å². The van der Waals surface area contributed by atoms with Crippen LogP contribution in [0.3, 0.4) is 0 Å². The Kier molecular flexibility index (Phi) is 10.8. The maximum atomic E-state index is 13.6. The van der Waals surface area contributed by atoms with Gasteiger partial charge in [0.2, 0.25) is 0 Å². The Morgan fingerprint density at radius 2 is 1.00 bits per heavy atom. The number of aliphatic carboxylic acids is 1. The smallest absolute Gasteiger partial charge is 0.346 e. The molecule has 0 aromatic carbocycles. The zero-order chi connectivity index (χ0) is 20.7. The minimum atomic E-state index is -4.01. The largest absolute Gasteiger partial charge is 0.481 e. The Morgan fingerprint density at radius 1 is 0.731 bits per heavy atom. The molecule has 1 N–H and O–H groups in total. The van der Waals surface area contributed by atoms with Crippen molar-refractivity contribution in [3.63, 3.8) is 0 Å². The number of carbonyl (C=O) groups is 1. The lowest BCUT2D eigenvalue weighted by atomic mass is 10.3. The highest BCUT2D eigenvalue weighted by Gasteiger charge is 2.52. The molecule has 0 aliphatic carbocycles. The van der Waals surface area contributed by atoms with Gasteiger partial charge in [-0.1, -0.05) is 0 Å². The molecule has 156 valence electrons. The van der Waals surface area contributed by atoms with Crippen molar-refractivity contribution in [3.8, 4) is 0 Å². The minimum absolute atomic E-state index is 0.219. The number of rotatable bonds is 13. The summed E-state index contributed by atoms with van der Waals surface area (Å²) in [7, 11) is -8.02. The van der Waals surface area contributed by atoms with Crippen LogP contribution in [0.2, 0.25) is 0 Å². The monoisotopic (exact) mass is 416 g/mol. The molecule has 0 saturated carbocycles. The summed E-state index contributed by atoms with van der Waals surface area (Å²) < 4.78 is 49.4. The van der Waals surface area contributed by atoms with Crippen molar-refractivity contribution in [1.29, 1.82) is 0 Å². The molecule has 0 atom stereocenters. The topological polar surface area (TPSA) is 108 Å². The van der Waals surface area contributed by atoms with Gasteiger partial charge in [-0.15, -0.1) is 0 Å². The van der Waals surface area contributed by atoms with Crippen LogP contribution in [-0.2, 0) is 32.0 Å². The fourth-order valence-corrected chi connectivity index (χ4v) is 8.19. The maximum Gasteiger partial charge on any atom is 0.346 e. The molecule has 0 amide bonds. The Labute approximate surface area is 157 Å². The van der Waals surface area contributed by atoms with Crippen LogP contribution in [-0.4, -0.2) is 40.9 Å². The van der Waals surface area contributed by atoms with E-state index >= 15 is 0 Å². The van der Waals surface area contributed by atoms with Crippen LogP contribution in [0.5, 0.6) is 0 Å². The first kappa shape index (κ1) is 25.8. The number of hydrogen-bond donors (Lipinski definition) is 1. The molecule has 0 spiro atoms. The molecule has 10 heteroatoms. The molecule has 0 saturated heterocycles. The van der Waals surface area contributed by atoms with Crippen molar-refractivity contribution in [2.24, 2.45) is 0 Å². The highest BCUT2D eigenvalue weighted by molar-refractivity contribution is 7.72. The van der Waals surface area contributed by atoms with E-state index in [1.165, 1.54) is 0 Å². The van der Waals surface area contributed by atoms with Gasteiger partial charge in [-0.3, -0.25) is 13.9 Å². The molecule has 0 rings (SSSR count). The Hall–Kier alpha value is -0.230. The van der Waals surface area contributed by atoms with E-state index in [-0.39, 0.29) is 12.8 Å². The lowest BCUT2D eigenvalue weighted by molar-refractivity contribution is -0.137. The molecule has 0 aromatic rings. The fraction of sp³-hybridized carbons (Fsp3) is 0.938. The van der Waals surface area contributed by atoms with Gasteiger partial charge in [0.25, 0.3) is 0 Å². The maximum absolute atomic E-state index is 13.6. The van der Waals surface area contributed by atoms with Crippen LogP contribution in [0, 0.1) is 0 Å². The predicted octanol–water partition coefficient (Wildman–Crippen LogP) is 5.26. The molecule has 0 heterocycles. The summed E-state index contributed by atoms with van der Waals surface area (Å²) in [6, 6.07) is 0. The van der Waals surface area contributed by atoms with Crippen molar-refractivity contribution in [3.05, 3.63) is 0 Å². The average Bonchev–Trinajstić information content (AvgIpc) is 2.32. The van der Waals surface area contributed by atoms with Crippen molar-refractivity contribution in [2.75, 3.05) is 0 Å². The van der Waals surface area contributed by atoms with Gasteiger partial charge in [0.1, 0.15) is 0 Å². The van der Waals surface area contributed by atoms with Gasteiger partial charge in [0.05, 0.1) is 24.4 Å². The zero-order valence-electron chi connectivity index (χ0n) is 17.0. The summed E-state index contributed by atoms with van der Waals surface area (Å²) in [5, 5.41) is 7.75. The molecule has 8 nitrogen and oxygen atoms in total. The number of carboxylic acids is 1. The third-order valence-electron chi connectivity index (χ3n) is 2.78. The molecule has 0 bridgehead atoms. The second-order valence-corrected chi connectivity index (χ2v) is 11.8. The average molecular weight is 416 g/mol. The van der Waals surface area contributed by atoms with Gasteiger partial charge < -0.3 is 23.2 Å². The predicted molar refractivity (Wildman–Crippen MR) is 101 cm³/mol. The Balaban J connectivity index is 6.19.